The maximum absolute atomic E-state index is 10.4. The molecule has 1 aromatic carbocycles. The Kier molecular flexibility index (Phi) is 13.8. The van der Waals surface area contributed by atoms with E-state index in [0.29, 0.717) is 6.54 Å². The van der Waals surface area contributed by atoms with Crippen LogP contribution in [0.2, 0.25) is 0 Å². The topological polar surface area (TPSA) is 89.9 Å². The van der Waals surface area contributed by atoms with Gasteiger partial charge in [0, 0.05) is 25.9 Å². The van der Waals surface area contributed by atoms with Crippen LogP contribution in [0.25, 0.3) is 0 Å². The lowest BCUT2D eigenvalue weighted by Crippen LogP contribution is -2.25. The van der Waals surface area contributed by atoms with Gasteiger partial charge >= 0.3 is 5.97 Å². The number of carboxylic acids is 1. The molecule has 20 heavy (non-hydrogen) atoms. The van der Waals surface area contributed by atoms with E-state index < -0.39 is 5.97 Å². The fourth-order valence-electron chi connectivity index (χ4n) is 1.38. The minimum atomic E-state index is -0.802. The van der Waals surface area contributed by atoms with E-state index in [-0.39, 0.29) is 13.2 Å². The van der Waals surface area contributed by atoms with Crippen LogP contribution in [0.15, 0.2) is 24.3 Å². The number of nitrogens with zero attached hydrogens (tertiary/aromatic N) is 1. The molecule has 0 aliphatic heterocycles. The van der Waals surface area contributed by atoms with E-state index in [1.54, 1.807) is 18.9 Å². The fraction of sp³-hybridized carbons (Fsp3) is 0.429. The van der Waals surface area contributed by atoms with Crippen molar-refractivity contribution < 1.29 is 19.8 Å². The molecule has 0 spiro atoms. The highest BCUT2D eigenvalue weighted by atomic mass is 16.4. The van der Waals surface area contributed by atoms with Gasteiger partial charge in [0.2, 0.25) is 0 Å². The summed E-state index contributed by atoms with van der Waals surface area (Å²) in [5, 5.41) is 19.2. The van der Waals surface area contributed by atoms with Gasteiger partial charge in [-0.25, -0.2) is 0 Å². The van der Waals surface area contributed by atoms with Crippen molar-refractivity contribution in [3.05, 3.63) is 29.8 Å². The number of hydrogen-bond acceptors (Lipinski definition) is 5. The van der Waals surface area contributed by atoms with Gasteiger partial charge in [0.15, 0.2) is 0 Å². The Morgan fingerprint density at radius 3 is 2.10 bits per heavy atom. The number of benzene rings is 1. The van der Waals surface area contributed by atoms with Gasteiger partial charge in [-0.2, -0.15) is 0 Å². The number of aliphatic hydroxyl groups is 1. The van der Waals surface area contributed by atoms with Crippen LogP contribution < -0.4 is 5.32 Å². The third-order valence-corrected chi connectivity index (χ3v) is 2.10. The van der Waals surface area contributed by atoms with E-state index >= 15 is 0 Å². The van der Waals surface area contributed by atoms with Crippen molar-refractivity contribution in [2.75, 3.05) is 32.6 Å². The lowest BCUT2D eigenvalue weighted by atomic mass is 10.2. The molecule has 1 rings (SSSR count). The number of rotatable bonds is 5. The third kappa shape index (κ3) is 11.2. The minimum absolute atomic E-state index is 0.0633. The van der Waals surface area contributed by atoms with Gasteiger partial charge in [-0.05, 0) is 31.7 Å². The molecule has 0 amide bonds. The highest BCUT2D eigenvalue weighted by Crippen LogP contribution is 2.09. The van der Waals surface area contributed by atoms with Gasteiger partial charge < -0.3 is 20.3 Å². The monoisotopic (exact) mass is 284 g/mol. The van der Waals surface area contributed by atoms with E-state index in [9.17, 15) is 4.79 Å². The number of hydrogen-bond donors (Lipinski definition) is 3. The molecular formula is C14H24N2O4. The summed E-state index contributed by atoms with van der Waals surface area (Å²) in [6.45, 7) is 4.64. The Balaban J connectivity index is 0. The zero-order valence-corrected chi connectivity index (χ0v) is 12.3. The summed E-state index contributed by atoms with van der Waals surface area (Å²) in [6.07, 6.45) is 0. The van der Waals surface area contributed by atoms with Crippen LogP contribution in [-0.4, -0.2) is 55.1 Å². The minimum Gasteiger partial charge on any atom is -0.480 e. The van der Waals surface area contributed by atoms with Crippen LogP contribution in [0, 0.1) is 0 Å². The van der Waals surface area contributed by atoms with Crippen molar-refractivity contribution in [3.8, 4) is 0 Å². The predicted octanol–water partition coefficient (Wildman–Crippen LogP) is 1.06. The molecule has 114 valence electrons. The zero-order valence-electron chi connectivity index (χ0n) is 12.3. The molecule has 1 aromatic rings. The first-order chi connectivity index (χ1) is 9.53. The molecule has 0 atom stereocenters. The van der Waals surface area contributed by atoms with Crippen molar-refractivity contribution in [1.29, 1.82) is 0 Å². The first kappa shape index (κ1) is 20.4. The summed E-state index contributed by atoms with van der Waals surface area (Å²) in [7, 11) is 3.66. The van der Waals surface area contributed by atoms with Crippen LogP contribution in [0.4, 0.5) is 5.69 Å². The second-order valence-electron chi connectivity index (χ2n) is 3.83. The summed E-state index contributed by atoms with van der Waals surface area (Å²) in [4.78, 5) is 20.2. The Labute approximate surface area is 120 Å². The highest BCUT2D eigenvalue weighted by molar-refractivity contribution is 5.69. The van der Waals surface area contributed by atoms with Crippen molar-refractivity contribution >= 4 is 18.4 Å². The quantitative estimate of drug-likeness (QED) is 0.749. The summed E-state index contributed by atoms with van der Waals surface area (Å²) in [6, 6.07) is 7.93. The number of likely N-dealkylation sites (N-methyl/N-ethyl adjacent to an activating group) is 1. The van der Waals surface area contributed by atoms with E-state index in [0.717, 1.165) is 11.3 Å². The summed E-state index contributed by atoms with van der Waals surface area (Å²) in [5.41, 5.74) is 2.16. The molecule has 0 radical (unpaired) electrons. The molecule has 3 N–H and O–H groups in total. The van der Waals surface area contributed by atoms with Crippen molar-refractivity contribution in [3.63, 3.8) is 0 Å². The van der Waals surface area contributed by atoms with Crippen molar-refractivity contribution in [2.45, 2.75) is 13.5 Å². The van der Waals surface area contributed by atoms with Gasteiger partial charge in [-0.1, -0.05) is 12.1 Å². The van der Waals surface area contributed by atoms with Crippen LogP contribution in [0.1, 0.15) is 12.5 Å². The van der Waals surface area contributed by atoms with E-state index in [1.165, 1.54) is 0 Å². The molecule has 0 saturated heterocycles. The third-order valence-electron chi connectivity index (χ3n) is 2.10. The highest BCUT2D eigenvalue weighted by Gasteiger charge is 2.04. The number of anilines is 1. The number of aliphatic hydroxyl groups excluding tert-OH is 1. The lowest BCUT2D eigenvalue weighted by Gasteiger charge is -2.14. The molecule has 0 bridgehead atoms. The molecule has 0 heterocycles. The normalized spacial score (nSPS) is 8.85. The van der Waals surface area contributed by atoms with Gasteiger partial charge in [-0.3, -0.25) is 9.69 Å². The average Bonchev–Trinajstić information content (AvgIpc) is 2.42. The second-order valence-corrected chi connectivity index (χ2v) is 3.83. The van der Waals surface area contributed by atoms with Crippen LogP contribution in [-0.2, 0) is 16.1 Å². The Hall–Kier alpha value is -1.92. The van der Waals surface area contributed by atoms with E-state index in [1.807, 2.05) is 38.1 Å². The Morgan fingerprint density at radius 2 is 1.75 bits per heavy atom. The number of carboxylic acid groups (broad SMARTS) is 1. The molecule has 0 aliphatic carbocycles. The molecular weight excluding hydrogens is 260 g/mol. The number of carbonyl (C=O) groups excluding carboxylic acids is 1. The van der Waals surface area contributed by atoms with Crippen LogP contribution >= 0.6 is 0 Å². The maximum Gasteiger partial charge on any atom is 0.317 e. The first-order valence-corrected chi connectivity index (χ1v) is 6.10. The van der Waals surface area contributed by atoms with Crippen molar-refractivity contribution in [2.24, 2.45) is 0 Å². The largest absolute Gasteiger partial charge is 0.480 e. The summed E-state index contributed by atoms with van der Waals surface area (Å²) >= 11 is 0. The van der Waals surface area contributed by atoms with Crippen LogP contribution in [0.5, 0.6) is 0 Å². The SMILES string of the molecule is C=O.CCO.CNc1ccc(CN(C)CC(=O)O)cc1. The first-order valence-electron chi connectivity index (χ1n) is 6.10. The molecule has 0 fully saturated rings. The van der Waals surface area contributed by atoms with E-state index in [2.05, 4.69) is 5.32 Å². The van der Waals surface area contributed by atoms with Gasteiger partial charge in [-0.15, -0.1) is 0 Å². The molecule has 0 unspecified atom stereocenters. The maximum atomic E-state index is 10.4. The van der Waals surface area contributed by atoms with Crippen molar-refractivity contribution in [1.82, 2.24) is 4.90 Å². The molecule has 6 nitrogen and oxygen atoms in total. The summed E-state index contributed by atoms with van der Waals surface area (Å²) < 4.78 is 0. The Bertz CT molecular complexity index is 355. The molecule has 0 aliphatic rings. The molecule has 0 saturated carbocycles. The van der Waals surface area contributed by atoms with Crippen LogP contribution in [0.3, 0.4) is 0 Å². The number of carbonyl (C=O) groups is 2. The predicted molar refractivity (Wildman–Crippen MR) is 79.8 cm³/mol. The smallest absolute Gasteiger partial charge is 0.317 e. The van der Waals surface area contributed by atoms with Gasteiger partial charge in [0.05, 0.1) is 6.54 Å². The van der Waals surface area contributed by atoms with Gasteiger partial charge in [0.25, 0.3) is 0 Å². The lowest BCUT2D eigenvalue weighted by molar-refractivity contribution is -0.138. The second kappa shape index (κ2) is 13.5. The molecule has 0 aromatic heterocycles. The van der Waals surface area contributed by atoms with E-state index in [4.69, 9.17) is 15.0 Å². The molecule has 6 heteroatoms. The standard InChI is InChI=1S/C11H16N2O2.C2H6O.CH2O/c1-12-10-5-3-9(4-6-10)7-13(2)8-11(14)15;1-2-3;1-2/h3-6,12H,7-8H2,1-2H3,(H,14,15);3H,2H2,1H3;1H2. The zero-order chi connectivity index (χ0) is 16.0. The average molecular weight is 284 g/mol. The van der Waals surface area contributed by atoms with Gasteiger partial charge in [0.1, 0.15) is 6.79 Å². The fourth-order valence-corrected chi connectivity index (χ4v) is 1.38. The summed E-state index contributed by atoms with van der Waals surface area (Å²) in [5.74, 6) is -0.802. The number of nitrogens with one attached hydrogen (secondary N) is 1. The number of aliphatic carboxylic acids is 1. The Morgan fingerprint density at radius 1 is 1.30 bits per heavy atom.